The highest BCUT2D eigenvalue weighted by Gasteiger charge is 2.38. The molecular formula is C22H26Cl2N2O4S. The first-order chi connectivity index (χ1) is 14.7. The van der Waals surface area contributed by atoms with Gasteiger partial charge in [-0.15, -0.1) is 0 Å². The first-order valence-corrected chi connectivity index (χ1v) is 12.5. The molecule has 0 bridgehead atoms. The Hall–Kier alpha value is -1.35. The Morgan fingerprint density at radius 2 is 1.90 bits per heavy atom. The molecule has 168 valence electrons. The number of nitrogens with zero attached hydrogens (tertiary/aromatic N) is 1. The molecule has 1 fully saturated rings. The van der Waals surface area contributed by atoms with E-state index in [1.54, 1.807) is 0 Å². The molecule has 0 saturated carbocycles. The second-order valence-electron chi connectivity index (χ2n) is 8.22. The molecule has 2 aromatic rings. The second-order valence-corrected chi connectivity index (χ2v) is 11.0. The van der Waals surface area contributed by atoms with Gasteiger partial charge in [-0.2, -0.15) is 4.31 Å². The fraction of sp³-hybridized carbons (Fsp3) is 0.455. The van der Waals surface area contributed by atoms with Crippen molar-refractivity contribution >= 4 is 33.2 Å². The number of nitrogens with two attached hydrogens (primary N) is 1. The third-order valence-electron chi connectivity index (χ3n) is 6.36. The second kappa shape index (κ2) is 8.89. The van der Waals surface area contributed by atoms with Gasteiger partial charge in [-0.05, 0) is 55.0 Å². The van der Waals surface area contributed by atoms with Crippen LogP contribution in [0, 0.1) is 12.8 Å². The predicted molar refractivity (Wildman–Crippen MR) is 121 cm³/mol. The molecule has 0 amide bonds. The number of phenols is 1. The average Bonchev–Trinajstić information content (AvgIpc) is 2.75. The van der Waals surface area contributed by atoms with Crippen LogP contribution < -0.4 is 5.73 Å². The summed E-state index contributed by atoms with van der Waals surface area (Å²) in [5.41, 5.74) is 8.62. The molecule has 4 rings (SSSR count). The molecule has 0 radical (unpaired) electrons. The molecule has 2 aromatic carbocycles. The lowest BCUT2D eigenvalue weighted by Crippen LogP contribution is -2.44. The van der Waals surface area contributed by atoms with Gasteiger partial charge in [-0.3, -0.25) is 0 Å². The van der Waals surface area contributed by atoms with E-state index in [0.717, 1.165) is 16.7 Å². The summed E-state index contributed by atoms with van der Waals surface area (Å²) in [5, 5.41) is 11.1. The predicted octanol–water partition coefficient (Wildman–Crippen LogP) is 4.05. The summed E-state index contributed by atoms with van der Waals surface area (Å²) < 4.78 is 33.9. The first kappa shape index (κ1) is 22.8. The molecular weight excluding hydrogens is 459 g/mol. The summed E-state index contributed by atoms with van der Waals surface area (Å²) >= 11 is 12.1. The van der Waals surface area contributed by atoms with Crippen LogP contribution in [-0.4, -0.2) is 43.6 Å². The Bertz CT molecular complexity index is 1090. The van der Waals surface area contributed by atoms with Crippen LogP contribution in [0.25, 0.3) is 0 Å². The minimum Gasteiger partial charge on any atom is -0.507 e. The van der Waals surface area contributed by atoms with Crippen LogP contribution in [0.15, 0.2) is 35.2 Å². The van der Waals surface area contributed by atoms with Gasteiger partial charge in [0.15, 0.2) is 0 Å². The van der Waals surface area contributed by atoms with Crippen molar-refractivity contribution in [1.82, 2.24) is 4.31 Å². The van der Waals surface area contributed by atoms with E-state index in [2.05, 4.69) is 0 Å². The Balaban J connectivity index is 1.49. The van der Waals surface area contributed by atoms with E-state index < -0.39 is 10.0 Å². The maximum absolute atomic E-state index is 13.1. The van der Waals surface area contributed by atoms with Crippen molar-refractivity contribution in [3.63, 3.8) is 0 Å². The molecule has 2 aliphatic heterocycles. The van der Waals surface area contributed by atoms with Crippen molar-refractivity contribution in [2.24, 2.45) is 11.7 Å². The lowest BCUT2D eigenvalue weighted by atomic mass is 9.83. The number of hydrogen-bond acceptors (Lipinski definition) is 5. The van der Waals surface area contributed by atoms with Crippen molar-refractivity contribution in [2.75, 3.05) is 19.6 Å². The summed E-state index contributed by atoms with van der Waals surface area (Å²) in [5.74, 6) is 0.482. The molecule has 0 aliphatic carbocycles. The van der Waals surface area contributed by atoms with E-state index in [9.17, 15) is 13.5 Å². The number of phenolic OH excluding ortho intramolecular Hbond substituents is 1. The molecule has 2 atom stereocenters. The molecule has 9 heteroatoms. The number of piperidine rings is 1. The third kappa shape index (κ3) is 4.32. The van der Waals surface area contributed by atoms with E-state index in [-0.39, 0.29) is 28.0 Å². The molecule has 0 unspecified atom stereocenters. The number of halogens is 2. The highest BCUT2D eigenvalue weighted by Crippen LogP contribution is 2.41. The van der Waals surface area contributed by atoms with E-state index in [1.165, 1.54) is 22.5 Å². The minimum atomic E-state index is -3.70. The van der Waals surface area contributed by atoms with Crippen LogP contribution in [0.2, 0.25) is 10.0 Å². The Morgan fingerprint density at radius 3 is 2.55 bits per heavy atom. The van der Waals surface area contributed by atoms with Gasteiger partial charge >= 0.3 is 0 Å². The zero-order chi connectivity index (χ0) is 22.3. The van der Waals surface area contributed by atoms with E-state index in [4.69, 9.17) is 33.7 Å². The molecule has 1 saturated heterocycles. The topological polar surface area (TPSA) is 92.9 Å². The van der Waals surface area contributed by atoms with Crippen LogP contribution in [0.4, 0.5) is 0 Å². The van der Waals surface area contributed by atoms with Gasteiger partial charge in [0, 0.05) is 36.6 Å². The van der Waals surface area contributed by atoms with Crippen LogP contribution in [0.5, 0.6) is 5.75 Å². The third-order valence-corrected chi connectivity index (χ3v) is 8.98. The molecule has 6 nitrogen and oxygen atoms in total. The SMILES string of the molecule is Cc1ccc2c(c1O)C[C@@H](C1CCN(S(=O)(=O)c3ccc(Cl)cc3Cl)CC1)O[C@H]2CN. The fourth-order valence-corrected chi connectivity index (χ4v) is 6.81. The lowest BCUT2D eigenvalue weighted by molar-refractivity contribution is -0.0612. The number of benzene rings is 2. The normalized spacial score (nSPS) is 23.0. The number of aromatic hydroxyl groups is 1. The van der Waals surface area contributed by atoms with Gasteiger partial charge in [0.25, 0.3) is 0 Å². The summed E-state index contributed by atoms with van der Waals surface area (Å²) in [6.07, 6.45) is 1.54. The largest absolute Gasteiger partial charge is 0.507 e. The number of hydrogen-bond donors (Lipinski definition) is 2. The van der Waals surface area contributed by atoms with Crippen molar-refractivity contribution in [1.29, 1.82) is 0 Å². The van der Waals surface area contributed by atoms with Crippen molar-refractivity contribution < 1.29 is 18.3 Å². The van der Waals surface area contributed by atoms with Crippen molar-refractivity contribution in [3.8, 4) is 5.75 Å². The zero-order valence-electron chi connectivity index (χ0n) is 17.2. The summed E-state index contributed by atoms with van der Waals surface area (Å²) in [4.78, 5) is 0.0726. The van der Waals surface area contributed by atoms with Gasteiger partial charge in [0.2, 0.25) is 10.0 Å². The quantitative estimate of drug-likeness (QED) is 0.682. The maximum atomic E-state index is 13.1. The van der Waals surface area contributed by atoms with Crippen LogP contribution >= 0.6 is 23.2 Å². The van der Waals surface area contributed by atoms with Gasteiger partial charge < -0.3 is 15.6 Å². The first-order valence-electron chi connectivity index (χ1n) is 10.3. The lowest BCUT2D eigenvalue weighted by Gasteiger charge is -2.40. The molecule has 0 spiro atoms. The molecule has 31 heavy (non-hydrogen) atoms. The smallest absolute Gasteiger partial charge is 0.244 e. The van der Waals surface area contributed by atoms with E-state index >= 15 is 0 Å². The van der Waals surface area contributed by atoms with Gasteiger partial charge in [-0.1, -0.05) is 35.3 Å². The Kier molecular flexibility index (Phi) is 6.54. The Labute approximate surface area is 193 Å². The van der Waals surface area contributed by atoms with Crippen LogP contribution in [0.3, 0.4) is 0 Å². The van der Waals surface area contributed by atoms with Crippen LogP contribution in [0.1, 0.15) is 35.6 Å². The highest BCUT2D eigenvalue weighted by molar-refractivity contribution is 7.89. The fourth-order valence-electron chi connectivity index (χ4n) is 4.59. The number of ether oxygens (including phenoxy) is 1. The number of sulfonamides is 1. The van der Waals surface area contributed by atoms with E-state index in [1.807, 2.05) is 19.1 Å². The summed E-state index contributed by atoms with van der Waals surface area (Å²) in [7, 11) is -3.70. The van der Waals surface area contributed by atoms with Crippen molar-refractivity contribution in [3.05, 3.63) is 57.1 Å². The standard InChI is InChI=1S/C22H26Cl2N2O4S/c1-13-2-4-16-17(22(13)27)11-19(30-20(16)12-25)14-6-8-26(9-7-14)31(28,29)21-5-3-15(23)10-18(21)24/h2-5,10,14,19-20,27H,6-9,11-12,25H2,1H3/t19-,20-/m0/s1. The van der Waals surface area contributed by atoms with Gasteiger partial charge in [0.1, 0.15) is 10.6 Å². The van der Waals surface area contributed by atoms with Crippen LogP contribution in [-0.2, 0) is 21.2 Å². The number of fused-ring (bicyclic) bond motifs is 1. The molecule has 3 N–H and O–H groups in total. The van der Waals surface area contributed by atoms with E-state index in [0.29, 0.717) is 49.7 Å². The van der Waals surface area contributed by atoms with Crippen molar-refractivity contribution in [2.45, 2.75) is 43.3 Å². The zero-order valence-corrected chi connectivity index (χ0v) is 19.6. The molecule has 2 heterocycles. The number of aryl methyl sites for hydroxylation is 1. The monoisotopic (exact) mass is 484 g/mol. The number of rotatable bonds is 4. The molecule has 0 aromatic heterocycles. The minimum absolute atomic E-state index is 0.0726. The maximum Gasteiger partial charge on any atom is 0.244 e. The highest BCUT2D eigenvalue weighted by atomic mass is 35.5. The summed E-state index contributed by atoms with van der Waals surface area (Å²) in [6, 6.07) is 8.28. The van der Waals surface area contributed by atoms with Gasteiger partial charge in [-0.25, -0.2) is 8.42 Å². The molecule has 2 aliphatic rings. The average molecular weight is 485 g/mol. The summed E-state index contributed by atoms with van der Waals surface area (Å²) in [6.45, 7) is 2.97. The Morgan fingerprint density at radius 1 is 1.19 bits per heavy atom. The van der Waals surface area contributed by atoms with Gasteiger partial charge in [0.05, 0.1) is 17.2 Å².